The standard InChI is InChI=1S/C18H21N5O3/c19-17-14-18(21-9-20-14)23(10-22-17)15-12(6-24)13(16(15)25)8-26-7-11-4-2-1-3-5-11/h1-5,9-10,12-13,15-16,19,24-25H,6-8H2,(H,20,21)/t12-,13+,15+,16+/m0/s1. The Morgan fingerprint density at radius 1 is 1.19 bits per heavy atom. The van der Waals surface area contributed by atoms with Crippen molar-refractivity contribution < 1.29 is 14.9 Å². The monoisotopic (exact) mass is 355 g/mol. The van der Waals surface area contributed by atoms with Crippen LogP contribution in [0.25, 0.3) is 11.2 Å². The molecule has 26 heavy (non-hydrogen) atoms. The maximum absolute atomic E-state index is 10.7. The van der Waals surface area contributed by atoms with Crippen LogP contribution in [0.4, 0.5) is 0 Å². The van der Waals surface area contributed by atoms with Gasteiger partial charge in [0.15, 0.2) is 11.1 Å². The molecule has 0 amide bonds. The number of ether oxygens (including phenoxy) is 1. The van der Waals surface area contributed by atoms with Gasteiger partial charge in [-0.1, -0.05) is 30.3 Å². The smallest absolute Gasteiger partial charge is 0.173 e. The predicted octanol–water partition coefficient (Wildman–Crippen LogP) is 0.596. The summed E-state index contributed by atoms with van der Waals surface area (Å²) in [5.41, 5.74) is 2.24. The molecule has 1 aliphatic rings. The molecule has 4 N–H and O–H groups in total. The number of aliphatic hydroxyl groups excluding tert-OH is 2. The molecule has 0 aliphatic heterocycles. The van der Waals surface area contributed by atoms with Crippen molar-refractivity contribution in [1.82, 2.24) is 19.5 Å². The van der Waals surface area contributed by atoms with Crippen molar-refractivity contribution in [2.24, 2.45) is 11.8 Å². The molecule has 2 heterocycles. The van der Waals surface area contributed by atoms with Gasteiger partial charge in [-0.3, -0.25) is 5.41 Å². The molecule has 1 saturated carbocycles. The number of hydrogen-bond donors (Lipinski definition) is 4. The van der Waals surface area contributed by atoms with Gasteiger partial charge in [0, 0.05) is 18.4 Å². The number of rotatable bonds is 6. The number of nitrogens with one attached hydrogen (secondary N) is 2. The van der Waals surface area contributed by atoms with Gasteiger partial charge in [0.2, 0.25) is 0 Å². The molecule has 0 bridgehead atoms. The van der Waals surface area contributed by atoms with Crippen LogP contribution < -0.4 is 5.49 Å². The van der Waals surface area contributed by atoms with Gasteiger partial charge in [-0.25, -0.2) is 9.97 Å². The number of aromatic amines is 1. The molecule has 8 nitrogen and oxygen atoms in total. The number of hydrogen-bond acceptors (Lipinski definition) is 6. The third-order valence-corrected chi connectivity index (χ3v) is 5.14. The highest BCUT2D eigenvalue weighted by molar-refractivity contribution is 5.68. The summed E-state index contributed by atoms with van der Waals surface area (Å²) in [6.07, 6.45) is 2.33. The van der Waals surface area contributed by atoms with E-state index in [1.807, 2.05) is 30.3 Å². The van der Waals surface area contributed by atoms with Crippen LogP contribution in [0, 0.1) is 17.2 Å². The van der Waals surface area contributed by atoms with E-state index in [1.165, 1.54) is 12.7 Å². The summed E-state index contributed by atoms with van der Waals surface area (Å²) in [6, 6.07) is 9.50. The van der Waals surface area contributed by atoms with E-state index in [1.54, 1.807) is 4.57 Å². The molecule has 1 fully saturated rings. The number of imidazole rings is 1. The second-order valence-electron chi connectivity index (χ2n) is 6.59. The third kappa shape index (κ3) is 2.82. The highest BCUT2D eigenvalue weighted by atomic mass is 16.5. The summed E-state index contributed by atoms with van der Waals surface area (Å²) in [5.74, 6) is -0.324. The molecule has 3 aromatic rings. The maximum atomic E-state index is 10.7. The minimum Gasteiger partial charge on any atom is -0.396 e. The van der Waals surface area contributed by atoms with Crippen molar-refractivity contribution in [3.8, 4) is 0 Å². The summed E-state index contributed by atoms with van der Waals surface area (Å²) < 4.78 is 7.49. The minimum atomic E-state index is -0.675. The SMILES string of the molecule is N=c1ncn([C@H]2[C@H](O)[C@H](COCc3ccccc3)[C@@H]2CO)c2nc[nH]c12. The van der Waals surface area contributed by atoms with E-state index < -0.39 is 6.10 Å². The van der Waals surface area contributed by atoms with Gasteiger partial charge in [-0.15, -0.1) is 0 Å². The Kier molecular flexibility index (Phi) is 4.54. The highest BCUT2D eigenvalue weighted by Gasteiger charge is 2.50. The molecule has 0 saturated heterocycles. The molecule has 2 aromatic heterocycles. The third-order valence-electron chi connectivity index (χ3n) is 5.14. The molecular formula is C18H21N5O3. The molecule has 8 heteroatoms. The first-order valence-electron chi connectivity index (χ1n) is 8.56. The Morgan fingerprint density at radius 2 is 2.00 bits per heavy atom. The van der Waals surface area contributed by atoms with Gasteiger partial charge in [0.05, 0.1) is 38.0 Å². The van der Waals surface area contributed by atoms with Gasteiger partial charge in [-0.2, -0.15) is 0 Å². The van der Waals surface area contributed by atoms with E-state index in [9.17, 15) is 10.2 Å². The lowest BCUT2D eigenvalue weighted by molar-refractivity contribution is -0.137. The average molecular weight is 355 g/mol. The summed E-state index contributed by atoms with van der Waals surface area (Å²) in [5, 5.41) is 28.3. The van der Waals surface area contributed by atoms with Crippen molar-refractivity contribution in [3.63, 3.8) is 0 Å². The largest absolute Gasteiger partial charge is 0.396 e. The lowest BCUT2D eigenvalue weighted by Crippen LogP contribution is -2.55. The Balaban J connectivity index is 1.48. The zero-order valence-corrected chi connectivity index (χ0v) is 14.1. The first kappa shape index (κ1) is 16.9. The summed E-state index contributed by atoms with van der Waals surface area (Å²) in [6.45, 7) is 0.771. The zero-order chi connectivity index (χ0) is 18.1. The Morgan fingerprint density at radius 3 is 2.77 bits per heavy atom. The number of nitrogens with zero attached hydrogens (tertiary/aromatic N) is 3. The van der Waals surface area contributed by atoms with E-state index in [2.05, 4.69) is 15.0 Å². The van der Waals surface area contributed by atoms with E-state index in [-0.39, 0.29) is 30.0 Å². The number of benzene rings is 1. The van der Waals surface area contributed by atoms with E-state index >= 15 is 0 Å². The van der Waals surface area contributed by atoms with E-state index in [0.717, 1.165) is 5.56 Å². The second kappa shape index (κ2) is 6.99. The van der Waals surface area contributed by atoms with Crippen LogP contribution in [0.3, 0.4) is 0 Å². The molecule has 136 valence electrons. The van der Waals surface area contributed by atoms with Crippen LogP contribution in [0.15, 0.2) is 43.0 Å². The van der Waals surface area contributed by atoms with Crippen molar-refractivity contribution in [2.75, 3.05) is 13.2 Å². The first-order valence-corrected chi connectivity index (χ1v) is 8.56. The molecule has 0 unspecified atom stereocenters. The number of aromatic nitrogens is 4. The fourth-order valence-corrected chi connectivity index (χ4v) is 3.71. The topological polar surface area (TPSA) is 120 Å². The zero-order valence-electron chi connectivity index (χ0n) is 14.1. The maximum Gasteiger partial charge on any atom is 0.173 e. The summed E-state index contributed by atoms with van der Waals surface area (Å²) in [4.78, 5) is 11.2. The Labute approximate surface area is 149 Å². The quantitative estimate of drug-likeness (QED) is 0.516. The normalized spacial score (nSPS) is 25.3. The van der Waals surface area contributed by atoms with Gasteiger partial charge >= 0.3 is 0 Å². The summed E-state index contributed by atoms with van der Waals surface area (Å²) in [7, 11) is 0. The van der Waals surface area contributed by atoms with Crippen LogP contribution in [-0.2, 0) is 11.3 Å². The molecule has 4 atom stereocenters. The summed E-state index contributed by atoms with van der Waals surface area (Å²) >= 11 is 0. The Bertz CT molecular complexity index is 939. The van der Waals surface area contributed by atoms with Gasteiger partial charge < -0.3 is 24.5 Å². The molecule has 1 aliphatic carbocycles. The van der Waals surface area contributed by atoms with E-state index in [0.29, 0.717) is 24.4 Å². The van der Waals surface area contributed by atoms with E-state index in [4.69, 9.17) is 10.1 Å². The van der Waals surface area contributed by atoms with Crippen molar-refractivity contribution in [2.45, 2.75) is 18.8 Å². The van der Waals surface area contributed by atoms with Gasteiger partial charge in [-0.05, 0) is 5.56 Å². The highest BCUT2D eigenvalue weighted by Crippen LogP contribution is 2.44. The van der Waals surface area contributed by atoms with Crippen molar-refractivity contribution in [1.29, 1.82) is 5.41 Å². The van der Waals surface area contributed by atoms with Crippen LogP contribution in [0.5, 0.6) is 0 Å². The minimum absolute atomic E-state index is 0.0668. The first-order chi connectivity index (χ1) is 12.7. The fraction of sp³-hybridized carbons (Fsp3) is 0.389. The predicted molar refractivity (Wildman–Crippen MR) is 92.9 cm³/mol. The molecule has 4 rings (SSSR count). The molecule has 0 spiro atoms. The second-order valence-corrected chi connectivity index (χ2v) is 6.59. The van der Waals surface area contributed by atoms with Crippen LogP contribution in [0.1, 0.15) is 11.6 Å². The lowest BCUT2D eigenvalue weighted by Gasteiger charge is -2.49. The lowest BCUT2D eigenvalue weighted by atomic mass is 9.67. The molecule has 0 radical (unpaired) electrons. The number of fused-ring (bicyclic) bond motifs is 1. The Hall–Kier alpha value is -2.55. The number of H-pyrrole nitrogens is 1. The van der Waals surface area contributed by atoms with Crippen LogP contribution >= 0.6 is 0 Å². The number of aliphatic hydroxyl groups is 2. The average Bonchev–Trinajstić information content (AvgIpc) is 3.16. The van der Waals surface area contributed by atoms with Crippen molar-refractivity contribution >= 4 is 11.2 Å². The molecular weight excluding hydrogens is 334 g/mol. The van der Waals surface area contributed by atoms with Crippen LogP contribution in [-0.4, -0.2) is 49.0 Å². The van der Waals surface area contributed by atoms with Crippen LogP contribution in [0.2, 0.25) is 0 Å². The van der Waals surface area contributed by atoms with Gasteiger partial charge in [0.25, 0.3) is 0 Å². The van der Waals surface area contributed by atoms with Gasteiger partial charge in [0.1, 0.15) is 5.52 Å². The fourth-order valence-electron chi connectivity index (χ4n) is 3.71. The molecule has 1 aromatic carbocycles. The van der Waals surface area contributed by atoms with Crippen molar-refractivity contribution in [3.05, 3.63) is 54.0 Å².